The van der Waals surface area contributed by atoms with Crippen molar-refractivity contribution >= 4 is 5.91 Å². The zero-order chi connectivity index (χ0) is 16.7. The van der Waals surface area contributed by atoms with Gasteiger partial charge in [-0.05, 0) is 18.8 Å². The second-order valence-corrected chi connectivity index (χ2v) is 5.62. The van der Waals surface area contributed by atoms with Gasteiger partial charge in [-0.25, -0.2) is 4.79 Å². The molecule has 1 atom stereocenters. The maximum Gasteiger partial charge on any atom is 0.328 e. The van der Waals surface area contributed by atoms with Gasteiger partial charge in [0.25, 0.3) is 5.56 Å². The van der Waals surface area contributed by atoms with Crippen molar-refractivity contribution in [3.63, 3.8) is 0 Å². The van der Waals surface area contributed by atoms with Crippen molar-refractivity contribution in [1.29, 1.82) is 0 Å². The summed E-state index contributed by atoms with van der Waals surface area (Å²) in [6.45, 7) is 2.49. The number of nitrogens with one attached hydrogen (secondary N) is 1. The van der Waals surface area contributed by atoms with Crippen LogP contribution in [0.1, 0.15) is 19.3 Å². The number of nitrogens with zero attached hydrogens (tertiary/aromatic N) is 2. The van der Waals surface area contributed by atoms with Crippen LogP contribution < -0.4 is 11.2 Å². The number of H-pyrrole nitrogens is 1. The molecule has 1 amide bonds. The fourth-order valence-corrected chi connectivity index (χ4v) is 2.71. The summed E-state index contributed by atoms with van der Waals surface area (Å²) in [4.78, 5) is 38.9. The first-order chi connectivity index (χ1) is 11.1. The lowest BCUT2D eigenvalue weighted by atomic mass is 9.98. The first-order valence-electron chi connectivity index (χ1n) is 7.69. The van der Waals surface area contributed by atoms with E-state index in [4.69, 9.17) is 11.2 Å². The Hall–Kier alpha value is -2.33. The van der Waals surface area contributed by atoms with Gasteiger partial charge in [-0.2, -0.15) is 0 Å². The summed E-state index contributed by atoms with van der Waals surface area (Å²) in [7, 11) is 0. The van der Waals surface area contributed by atoms with E-state index in [2.05, 4.69) is 10.9 Å². The Kier molecular flexibility index (Phi) is 6.18. The highest BCUT2D eigenvalue weighted by Crippen LogP contribution is 2.17. The number of ether oxygens (including phenoxy) is 1. The van der Waals surface area contributed by atoms with E-state index in [-0.39, 0.29) is 18.9 Å². The number of hydrogen-bond donors (Lipinski definition) is 1. The molecule has 0 radical (unpaired) electrons. The van der Waals surface area contributed by atoms with Crippen LogP contribution in [0.5, 0.6) is 0 Å². The molecule has 7 nitrogen and oxygen atoms in total. The summed E-state index contributed by atoms with van der Waals surface area (Å²) in [5.74, 6) is 2.74. The minimum absolute atomic E-state index is 0.00440. The van der Waals surface area contributed by atoms with Crippen LogP contribution in [0.3, 0.4) is 0 Å². The zero-order valence-electron chi connectivity index (χ0n) is 13.0. The van der Waals surface area contributed by atoms with Crippen LogP contribution in [0, 0.1) is 18.3 Å². The van der Waals surface area contributed by atoms with E-state index in [0.29, 0.717) is 25.7 Å². The summed E-state index contributed by atoms with van der Waals surface area (Å²) in [6, 6.07) is 1.27. The largest absolute Gasteiger partial charge is 0.368 e. The molecule has 23 heavy (non-hydrogen) atoms. The van der Waals surface area contributed by atoms with Gasteiger partial charge in [-0.3, -0.25) is 14.6 Å². The molecule has 2 heterocycles. The van der Waals surface area contributed by atoms with Gasteiger partial charge in [0.1, 0.15) is 6.61 Å². The molecular formula is C16H21N3O4. The Balaban J connectivity index is 1.84. The lowest BCUT2D eigenvalue weighted by molar-refractivity contribution is -0.133. The van der Waals surface area contributed by atoms with Crippen molar-refractivity contribution in [1.82, 2.24) is 14.5 Å². The first-order valence-corrected chi connectivity index (χ1v) is 7.69. The van der Waals surface area contributed by atoms with Crippen molar-refractivity contribution in [3.8, 4) is 12.3 Å². The molecule has 1 fully saturated rings. The number of carbonyl (C=O) groups is 1. The molecule has 1 aromatic heterocycles. The normalized spacial score (nSPS) is 17.7. The number of rotatable bonds is 6. The number of hydrogen-bond acceptors (Lipinski definition) is 4. The van der Waals surface area contributed by atoms with Crippen molar-refractivity contribution < 1.29 is 9.53 Å². The van der Waals surface area contributed by atoms with Crippen LogP contribution in [-0.2, 0) is 16.1 Å². The Labute approximate surface area is 134 Å². The molecule has 0 aliphatic carbocycles. The molecule has 1 N–H and O–H groups in total. The Bertz CT molecular complexity index is 686. The standard InChI is InChI=1S/C16H21N3O4/c1-2-10-23-12-13-4-3-7-19(11-13)15(21)6-9-18-8-5-14(20)17-16(18)22/h1,5,8,13H,3-4,6-7,9-12H2,(H,17,20,22). The summed E-state index contributed by atoms with van der Waals surface area (Å²) in [5.41, 5.74) is -0.937. The number of aromatic amines is 1. The topological polar surface area (TPSA) is 84.4 Å². The minimum atomic E-state index is -0.496. The number of carbonyl (C=O) groups excluding carboxylic acids is 1. The van der Waals surface area contributed by atoms with Gasteiger partial charge in [0.2, 0.25) is 5.91 Å². The molecule has 1 aromatic rings. The lowest BCUT2D eigenvalue weighted by Gasteiger charge is -2.32. The molecule has 7 heteroatoms. The fourth-order valence-electron chi connectivity index (χ4n) is 2.71. The third kappa shape index (κ3) is 5.11. The summed E-state index contributed by atoms with van der Waals surface area (Å²) in [6.07, 6.45) is 8.74. The molecule has 1 unspecified atom stereocenters. The predicted molar refractivity (Wildman–Crippen MR) is 84.9 cm³/mol. The smallest absolute Gasteiger partial charge is 0.328 e. The minimum Gasteiger partial charge on any atom is -0.368 e. The van der Waals surface area contributed by atoms with E-state index in [0.717, 1.165) is 19.4 Å². The molecule has 1 aliphatic heterocycles. The van der Waals surface area contributed by atoms with Crippen LogP contribution >= 0.6 is 0 Å². The highest BCUT2D eigenvalue weighted by Gasteiger charge is 2.23. The third-order valence-electron chi connectivity index (χ3n) is 3.87. The second-order valence-electron chi connectivity index (χ2n) is 5.62. The molecule has 0 aromatic carbocycles. The molecule has 0 saturated carbocycles. The van der Waals surface area contributed by atoms with Gasteiger partial charge in [-0.1, -0.05) is 5.92 Å². The van der Waals surface area contributed by atoms with Gasteiger partial charge >= 0.3 is 5.69 Å². The molecule has 124 valence electrons. The number of likely N-dealkylation sites (tertiary alicyclic amines) is 1. The zero-order valence-corrected chi connectivity index (χ0v) is 13.0. The second kappa shape index (κ2) is 8.34. The molecule has 1 saturated heterocycles. The SMILES string of the molecule is C#CCOCC1CCCN(C(=O)CCn2ccc(=O)[nH]c2=O)C1. The summed E-state index contributed by atoms with van der Waals surface area (Å²) < 4.78 is 6.68. The van der Waals surface area contributed by atoms with Crippen LogP contribution in [0.4, 0.5) is 0 Å². The average molecular weight is 319 g/mol. The fraction of sp³-hybridized carbons (Fsp3) is 0.562. The number of piperidine rings is 1. The van der Waals surface area contributed by atoms with Crippen molar-refractivity contribution in [2.24, 2.45) is 5.92 Å². The van der Waals surface area contributed by atoms with Crippen LogP contribution in [0.15, 0.2) is 21.9 Å². The summed E-state index contributed by atoms with van der Waals surface area (Å²) in [5, 5.41) is 0. The van der Waals surface area contributed by atoms with E-state index in [9.17, 15) is 14.4 Å². The van der Waals surface area contributed by atoms with E-state index in [1.165, 1.54) is 16.8 Å². The molecular weight excluding hydrogens is 298 g/mol. The van der Waals surface area contributed by atoms with Gasteiger partial charge in [0.05, 0.1) is 6.61 Å². The third-order valence-corrected chi connectivity index (χ3v) is 3.87. The van der Waals surface area contributed by atoms with E-state index >= 15 is 0 Å². The van der Waals surface area contributed by atoms with Gasteiger partial charge in [0.15, 0.2) is 0 Å². The van der Waals surface area contributed by atoms with Gasteiger partial charge in [-0.15, -0.1) is 6.42 Å². The molecule has 2 rings (SSSR count). The Morgan fingerprint density at radius 2 is 2.30 bits per heavy atom. The average Bonchev–Trinajstić information content (AvgIpc) is 2.54. The lowest BCUT2D eigenvalue weighted by Crippen LogP contribution is -2.42. The quantitative estimate of drug-likeness (QED) is 0.582. The first kappa shape index (κ1) is 17.0. The highest BCUT2D eigenvalue weighted by molar-refractivity contribution is 5.76. The van der Waals surface area contributed by atoms with E-state index in [1.54, 1.807) is 0 Å². The van der Waals surface area contributed by atoms with E-state index in [1.807, 2.05) is 4.90 Å². The van der Waals surface area contributed by atoms with Gasteiger partial charge in [0, 0.05) is 38.3 Å². The van der Waals surface area contributed by atoms with Crippen LogP contribution in [0.2, 0.25) is 0 Å². The predicted octanol–water partition coefficient (Wildman–Crippen LogP) is -0.185. The van der Waals surface area contributed by atoms with Crippen LogP contribution in [-0.4, -0.2) is 46.7 Å². The van der Waals surface area contributed by atoms with E-state index < -0.39 is 11.2 Å². The monoisotopic (exact) mass is 319 g/mol. The van der Waals surface area contributed by atoms with Crippen molar-refractivity contribution in [3.05, 3.63) is 33.1 Å². The number of terminal acetylenes is 1. The maximum atomic E-state index is 12.3. The number of amides is 1. The number of aryl methyl sites for hydroxylation is 1. The Morgan fingerprint density at radius 3 is 3.04 bits per heavy atom. The van der Waals surface area contributed by atoms with Crippen LogP contribution in [0.25, 0.3) is 0 Å². The summed E-state index contributed by atoms with van der Waals surface area (Å²) >= 11 is 0. The molecule has 0 bridgehead atoms. The molecule has 1 aliphatic rings. The van der Waals surface area contributed by atoms with Gasteiger partial charge < -0.3 is 14.2 Å². The Morgan fingerprint density at radius 1 is 1.48 bits per heavy atom. The maximum absolute atomic E-state index is 12.3. The van der Waals surface area contributed by atoms with Crippen molar-refractivity contribution in [2.45, 2.75) is 25.8 Å². The van der Waals surface area contributed by atoms with Crippen molar-refractivity contribution in [2.75, 3.05) is 26.3 Å². The number of aromatic nitrogens is 2. The molecule has 0 spiro atoms. The highest BCUT2D eigenvalue weighted by atomic mass is 16.5.